The van der Waals surface area contributed by atoms with Gasteiger partial charge < -0.3 is 4.90 Å². The molecule has 0 saturated carbocycles. The van der Waals surface area contributed by atoms with Crippen molar-refractivity contribution in [3.05, 3.63) is 0 Å². The SMILES string of the molecule is CC(C)(C)N1CNCC1=O. The van der Waals surface area contributed by atoms with Crippen molar-refractivity contribution in [2.24, 2.45) is 0 Å². The quantitative estimate of drug-likeness (QED) is 0.523. The average molecular weight is 142 g/mol. The van der Waals surface area contributed by atoms with Gasteiger partial charge in [0.05, 0.1) is 13.2 Å². The molecule has 3 heteroatoms. The molecule has 0 bridgehead atoms. The van der Waals surface area contributed by atoms with E-state index >= 15 is 0 Å². The Kier molecular flexibility index (Phi) is 1.68. The lowest BCUT2D eigenvalue weighted by molar-refractivity contribution is -0.130. The summed E-state index contributed by atoms with van der Waals surface area (Å²) in [5, 5.41) is 3.01. The van der Waals surface area contributed by atoms with Gasteiger partial charge in [-0.1, -0.05) is 0 Å². The van der Waals surface area contributed by atoms with Crippen molar-refractivity contribution in [3.63, 3.8) is 0 Å². The second-order valence-corrected chi connectivity index (χ2v) is 3.58. The molecule has 10 heavy (non-hydrogen) atoms. The molecule has 1 amide bonds. The highest BCUT2D eigenvalue weighted by Gasteiger charge is 2.29. The highest BCUT2D eigenvalue weighted by Crippen LogP contribution is 2.14. The molecule has 1 N–H and O–H groups in total. The van der Waals surface area contributed by atoms with E-state index in [4.69, 9.17) is 0 Å². The number of amides is 1. The second kappa shape index (κ2) is 2.23. The van der Waals surface area contributed by atoms with Crippen LogP contribution in [-0.2, 0) is 4.79 Å². The first kappa shape index (κ1) is 7.54. The van der Waals surface area contributed by atoms with E-state index in [9.17, 15) is 4.79 Å². The van der Waals surface area contributed by atoms with E-state index in [1.807, 2.05) is 25.7 Å². The average Bonchev–Trinajstić information content (AvgIpc) is 2.11. The smallest absolute Gasteiger partial charge is 0.238 e. The highest BCUT2D eigenvalue weighted by molar-refractivity contribution is 5.80. The molecule has 0 radical (unpaired) electrons. The van der Waals surface area contributed by atoms with Crippen LogP contribution in [0.15, 0.2) is 0 Å². The summed E-state index contributed by atoms with van der Waals surface area (Å²) in [6.45, 7) is 7.31. The Morgan fingerprint density at radius 3 is 2.30 bits per heavy atom. The van der Waals surface area contributed by atoms with Gasteiger partial charge >= 0.3 is 0 Å². The summed E-state index contributed by atoms with van der Waals surface area (Å²) in [6.07, 6.45) is 0. The molecule has 1 aliphatic rings. The monoisotopic (exact) mass is 142 g/mol. The van der Waals surface area contributed by atoms with Crippen LogP contribution in [0.1, 0.15) is 20.8 Å². The minimum atomic E-state index is -0.0272. The van der Waals surface area contributed by atoms with Crippen LogP contribution in [0, 0.1) is 0 Å². The van der Waals surface area contributed by atoms with Gasteiger partial charge in [-0.15, -0.1) is 0 Å². The Balaban J connectivity index is 2.64. The fraction of sp³-hybridized carbons (Fsp3) is 0.857. The predicted molar refractivity (Wildman–Crippen MR) is 39.5 cm³/mol. The molecule has 0 spiro atoms. The number of hydrogen-bond acceptors (Lipinski definition) is 2. The van der Waals surface area contributed by atoms with Gasteiger partial charge in [0.15, 0.2) is 0 Å². The zero-order valence-electron chi connectivity index (χ0n) is 6.77. The molecule has 0 atom stereocenters. The molecule has 1 saturated heterocycles. The Bertz CT molecular complexity index is 148. The fourth-order valence-electron chi connectivity index (χ4n) is 1.07. The van der Waals surface area contributed by atoms with Gasteiger partial charge in [-0.3, -0.25) is 10.1 Å². The van der Waals surface area contributed by atoms with Crippen LogP contribution >= 0.6 is 0 Å². The number of nitrogens with zero attached hydrogens (tertiary/aromatic N) is 1. The number of hydrogen-bond donors (Lipinski definition) is 1. The first-order valence-corrected chi connectivity index (χ1v) is 3.53. The third kappa shape index (κ3) is 1.29. The van der Waals surface area contributed by atoms with Crippen molar-refractivity contribution < 1.29 is 4.79 Å². The number of nitrogens with one attached hydrogen (secondary N) is 1. The molecule has 1 fully saturated rings. The number of carbonyl (C=O) groups excluding carboxylic acids is 1. The van der Waals surface area contributed by atoms with E-state index in [0.29, 0.717) is 13.2 Å². The lowest BCUT2D eigenvalue weighted by Crippen LogP contribution is -2.42. The van der Waals surface area contributed by atoms with Gasteiger partial charge in [-0.2, -0.15) is 0 Å². The molecule has 0 aromatic heterocycles. The molecule has 58 valence electrons. The zero-order valence-corrected chi connectivity index (χ0v) is 6.77. The molecule has 0 aliphatic carbocycles. The minimum absolute atomic E-state index is 0.0272. The van der Waals surface area contributed by atoms with Gasteiger partial charge in [0.25, 0.3) is 0 Å². The predicted octanol–water partition coefficient (Wildman–Crippen LogP) is 0.174. The summed E-state index contributed by atoms with van der Waals surface area (Å²) in [4.78, 5) is 12.9. The Morgan fingerprint density at radius 2 is 2.10 bits per heavy atom. The van der Waals surface area contributed by atoms with Crippen molar-refractivity contribution in [2.75, 3.05) is 13.2 Å². The number of rotatable bonds is 0. The second-order valence-electron chi connectivity index (χ2n) is 3.58. The molecule has 0 unspecified atom stereocenters. The van der Waals surface area contributed by atoms with Crippen molar-refractivity contribution in [1.82, 2.24) is 10.2 Å². The van der Waals surface area contributed by atoms with Crippen LogP contribution in [0.5, 0.6) is 0 Å². The Labute approximate surface area is 61.4 Å². The molecule has 1 rings (SSSR count). The van der Waals surface area contributed by atoms with Crippen LogP contribution in [0.4, 0.5) is 0 Å². The number of carbonyl (C=O) groups is 1. The molecular weight excluding hydrogens is 128 g/mol. The van der Waals surface area contributed by atoms with Gasteiger partial charge in [-0.25, -0.2) is 0 Å². The Morgan fingerprint density at radius 1 is 1.50 bits per heavy atom. The van der Waals surface area contributed by atoms with Crippen molar-refractivity contribution in [2.45, 2.75) is 26.3 Å². The first-order chi connectivity index (χ1) is 4.52. The van der Waals surface area contributed by atoms with Crippen LogP contribution in [-0.4, -0.2) is 29.6 Å². The van der Waals surface area contributed by atoms with E-state index in [0.717, 1.165) is 0 Å². The van der Waals surface area contributed by atoms with Crippen molar-refractivity contribution in [1.29, 1.82) is 0 Å². The van der Waals surface area contributed by atoms with Crippen molar-refractivity contribution in [3.8, 4) is 0 Å². The van der Waals surface area contributed by atoms with Gasteiger partial charge in [0, 0.05) is 5.54 Å². The maximum atomic E-state index is 11.1. The van der Waals surface area contributed by atoms with Gasteiger partial charge in [0.1, 0.15) is 0 Å². The van der Waals surface area contributed by atoms with Gasteiger partial charge in [-0.05, 0) is 20.8 Å². The third-order valence-electron chi connectivity index (χ3n) is 1.66. The summed E-state index contributed by atoms with van der Waals surface area (Å²) in [5.41, 5.74) is -0.0272. The van der Waals surface area contributed by atoms with E-state index in [1.165, 1.54) is 0 Å². The molecular formula is C7H14N2O. The van der Waals surface area contributed by atoms with Crippen LogP contribution in [0.2, 0.25) is 0 Å². The normalized spacial score (nSPS) is 20.3. The minimum Gasteiger partial charge on any atom is -0.324 e. The van der Waals surface area contributed by atoms with Crippen LogP contribution in [0.25, 0.3) is 0 Å². The highest BCUT2D eigenvalue weighted by atomic mass is 16.2. The zero-order chi connectivity index (χ0) is 7.78. The molecule has 1 heterocycles. The lowest BCUT2D eigenvalue weighted by Gasteiger charge is -2.30. The Hall–Kier alpha value is -0.570. The first-order valence-electron chi connectivity index (χ1n) is 3.53. The molecule has 3 nitrogen and oxygen atoms in total. The standard InChI is InChI=1S/C7H14N2O/c1-7(2,3)9-5-8-4-6(9)10/h8H,4-5H2,1-3H3. The van der Waals surface area contributed by atoms with Crippen LogP contribution < -0.4 is 5.32 Å². The lowest BCUT2D eigenvalue weighted by atomic mass is 10.1. The van der Waals surface area contributed by atoms with E-state index in [1.54, 1.807) is 0 Å². The maximum Gasteiger partial charge on any atom is 0.238 e. The topological polar surface area (TPSA) is 32.3 Å². The summed E-state index contributed by atoms with van der Waals surface area (Å²) in [7, 11) is 0. The molecule has 1 aliphatic heterocycles. The van der Waals surface area contributed by atoms with E-state index < -0.39 is 0 Å². The fourth-order valence-corrected chi connectivity index (χ4v) is 1.07. The third-order valence-corrected chi connectivity index (χ3v) is 1.66. The van der Waals surface area contributed by atoms with E-state index in [2.05, 4.69) is 5.32 Å². The maximum absolute atomic E-state index is 11.1. The summed E-state index contributed by atoms with van der Waals surface area (Å²) in [6, 6.07) is 0. The van der Waals surface area contributed by atoms with Crippen LogP contribution in [0.3, 0.4) is 0 Å². The van der Waals surface area contributed by atoms with Crippen molar-refractivity contribution >= 4 is 5.91 Å². The van der Waals surface area contributed by atoms with Gasteiger partial charge in [0.2, 0.25) is 5.91 Å². The summed E-state index contributed by atoms with van der Waals surface area (Å²) >= 11 is 0. The molecule has 0 aromatic carbocycles. The largest absolute Gasteiger partial charge is 0.324 e. The molecule has 0 aromatic rings. The summed E-state index contributed by atoms with van der Waals surface area (Å²) < 4.78 is 0. The summed E-state index contributed by atoms with van der Waals surface area (Å²) in [5.74, 6) is 0.201. The van der Waals surface area contributed by atoms with E-state index in [-0.39, 0.29) is 11.4 Å².